The topological polar surface area (TPSA) is 398 Å². The van der Waals surface area contributed by atoms with E-state index in [0.29, 0.717) is 5.52 Å². The van der Waals surface area contributed by atoms with E-state index < -0.39 is 83.5 Å². The summed E-state index contributed by atoms with van der Waals surface area (Å²) in [6, 6.07) is 0. The predicted octanol–water partition coefficient (Wildman–Crippen LogP) is -11.7. The van der Waals surface area contributed by atoms with Crippen LogP contribution in [-0.2, 0) is 27.7 Å². The second kappa shape index (κ2) is 16.4. The average Bonchev–Trinajstić information content (AvgIpc) is 3.73. The van der Waals surface area contributed by atoms with E-state index in [1.54, 1.807) is 0 Å². The molecular formula is C20H26N10Na2O15P2. The monoisotopic (exact) mass is 754 g/mol. The molecule has 0 radical (unpaired) electrons. The summed E-state index contributed by atoms with van der Waals surface area (Å²) < 4.78 is 42.8. The molecule has 4 aromatic rings. The van der Waals surface area contributed by atoms with E-state index in [-0.39, 0.29) is 87.7 Å². The number of nitrogens with zero attached hydrogens (tertiary/aromatic N) is 7. The molecular weight excluding hydrogens is 728 g/mol. The predicted molar refractivity (Wildman–Crippen MR) is 146 cm³/mol. The van der Waals surface area contributed by atoms with Crippen molar-refractivity contribution in [3.05, 3.63) is 29.3 Å². The number of aromatic nitrogens is 8. The zero-order valence-electron chi connectivity index (χ0n) is 25.3. The van der Waals surface area contributed by atoms with Crippen molar-refractivity contribution in [2.75, 3.05) is 24.7 Å². The first-order valence-corrected chi connectivity index (χ1v) is 16.0. The summed E-state index contributed by atoms with van der Waals surface area (Å²) in [6.07, 6.45) is -6.95. The summed E-state index contributed by atoms with van der Waals surface area (Å²) in [5.74, 6) is -0.0519. The quantitative estimate of drug-likeness (QED) is 0.0595. The number of hydrogen-bond donors (Lipinski definition) is 9. The van der Waals surface area contributed by atoms with Crippen LogP contribution in [0.4, 0.5) is 11.8 Å². The normalized spacial score (nSPS) is 27.0. The molecule has 0 unspecified atom stereocenters. The summed E-state index contributed by atoms with van der Waals surface area (Å²) in [6.45, 7) is -1.37. The first kappa shape index (κ1) is 41.9. The third kappa shape index (κ3) is 9.48. The number of H-pyrrole nitrogens is 1. The van der Waals surface area contributed by atoms with Gasteiger partial charge in [-0.2, -0.15) is 4.98 Å². The number of aliphatic hydroxyl groups is 4. The number of aromatic amines is 1. The minimum Gasteiger partial charge on any atom is -0.790 e. The van der Waals surface area contributed by atoms with Gasteiger partial charge in [-0.05, 0) is 0 Å². The van der Waals surface area contributed by atoms with Crippen LogP contribution in [0.15, 0.2) is 23.8 Å². The molecule has 49 heavy (non-hydrogen) atoms. The number of rotatable bonds is 8. The fourth-order valence-corrected chi connectivity index (χ4v) is 5.38. The van der Waals surface area contributed by atoms with E-state index >= 15 is 0 Å². The molecule has 8 atom stereocenters. The van der Waals surface area contributed by atoms with Crippen molar-refractivity contribution < 1.29 is 127 Å². The minimum absolute atomic E-state index is 0. The fourth-order valence-electron chi connectivity index (χ4n) is 4.71. The van der Waals surface area contributed by atoms with Crippen LogP contribution in [0.5, 0.6) is 0 Å². The van der Waals surface area contributed by atoms with Crippen molar-refractivity contribution in [2.24, 2.45) is 0 Å². The van der Waals surface area contributed by atoms with Gasteiger partial charge in [0.25, 0.3) is 5.56 Å². The minimum atomic E-state index is -5.26. The van der Waals surface area contributed by atoms with Crippen LogP contribution in [0.2, 0.25) is 0 Å². The number of nitrogen functional groups attached to an aromatic ring is 2. The van der Waals surface area contributed by atoms with Gasteiger partial charge in [-0.1, -0.05) is 0 Å². The summed E-state index contributed by atoms with van der Waals surface area (Å²) in [5.41, 5.74) is 11.0. The Hall–Kier alpha value is -1.52. The number of nitrogens with two attached hydrogens (primary N) is 2. The Balaban J connectivity index is 0.000000255. The largest absolute Gasteiger partial charge is 1.00 e. The Kier molecular flexibility index (Phi) is 14.1. The van der Waals surface area contributed by atoms with Gasteiger partial charge in [0.05, 0.1) is 33.7 Å². The number of nitrogens with one attached hydrogen (secondary N) is 1. The smallest absolute Gasteiger partial charge is 0.790 e. The van der Waals surface area contributed by atoms with Crippen LogP contribution in [0.3, 0.4) is 0 Å². The van der Waals surface area contributed by atoms with Gasteiger partial charge in [0, 0.05) is 0 Å². The number of hydrogen-bond acceptors (Lipinski definition) is 20. The molecule has 0 aromatic carbocycles. The zero-order valence-corrected chi connectivity index (χ0v) is 31.1. The van der Waals surface area contributed by atoms with E-state index in [9.17, 15) is 44.1 Å². The standard InChI is InChI=1S/C10H14N5O8P.C10H14N5O7P.2Na/c11-10-13-7-4(8(18)14-10)12-2-15(7)9-6(17)5(16)3(23-9)1-22-24(19,20)21;11-8-5-9(13-2-12-8)15(3-14-5)10-7(17)6(16)4(22-10)1-21-23(18,19)20;;/h2-3,5-6,9,16-17H,1H2,(H2,19,20,21)(H3,11,13,14,18);2-4,6-7,10,16-17H,1H2,(H2,11,12,13)(H2,18,19,20);;/q;;2*+1/p-2/t3-,5-,6-,9-;4-,6-,7-,10-;;/m11../s1. The molecule has 258 valence electrons. The van der Waals surface area contributed by atoms with Crippen molar-refractivity contribution in [2.45, 2.75) is 49.1 Å². The van der Waals surface area contributed by atoms with Crippen LogP contribution in [0, 0.1) is 0 Å². The molecule has 0 amide bonds. The Morgan fingerprint density at radius 3 is 1.86 bits per heavy atom. The molecule has 2 saturated heterocycles. The zero-order chi connectivity index (χ0) is 34.4. The Labute approximate surface area is 316 Å². The van der Waals surface area contributed by atoms with Gasteiger partial charge in [0.15, 0.2) is 35.1 Å². The number of imidazole rings is 2. The molecule has 0 aliphatic carbocycles. The second-order valence-corrected chi connectivity index (χ2v) is 12.4. The maximum absolute atomic E-state index is 11.7. The van der Waals surface area contributed by atoms with Gasteiger partial charge in [-0.25, -0.2) is 24.5 Å². The first-order valence-electron chi connectivity index (χ1n) is 13.0. The maximum atomic E-state index is 11.7. The van der Waals surface area contributed by atoms with Crippen LogP contribution in [-0.4, -0.2) is 119 Å². The molecule has 4 aromatic heterocycles. The van der Waals surface area contributed by atoms with Gasteiger partial charge < -0.3 is 70.0 Å². The van der Waals surface area contributed by atoms with Crippen LogP contribution in [0.1, 0.15) is 12.5 Å². The van der Waals surface area contributed by atoms with Crippen molar-refractivity contribution in [3.63, 3.8) is 0 Å². The molecule has 29 heteroatoms. The molecule has 0 saturated carbocycles. The van der Waals surface area contributed by atoms with E-state index in [1.165, 1.54) is 17.2 Å². The third-order valence-electron chi connectivity index (χ3n) is 6.86. The summed E-state index contributed by atoms with van der Waals surface area (Å²) in [7, 11) is -9.98. The van der Waals surface area contributed by atoms with Crippen molar-refractivity contribution >= 4 is 49.7 Å². The number of fused-ring (bicyclic) bond motifs is 2. The summed E-state index contributed by atoms with van der Waals surface area (Å²) in [4.78, 5) is 71.9. The third-order valence-corrected chi connectivity index (χ3v) is 7.82. The second-order valence-electron chi connectivity index (χ2n) is 9.98. The molecule has 0 spiro atoms. The van der Waals surface area contributed by atoms with E-state index in [4.69, 9.17) is 30.7 Å². The average molecular weight is 754 g/mol. The van der Waals surface area contributed by atoms with Gasteiger partial charge >= 0.3 is 66.9 Å². The van der Waals surface area contributed by atoms with Crippen molar-refractivity contribution in [1.29, 1.82) is 0 Å². The van der Waals surface area contributed by atoms with Gasteiger partial charge in [-0.3, -0.25) is 23.4 Å². The van der Waals surface area contributed by atoms with Crippen molar-refractivity contribution in [1.82, 2.24) is 39.0 Å². The van der Waals surface area contributed by atoms with E-state index in [0.717, 1.165) is 10.9 Å². The fraction of sp³-hybridized carbons (Fsp3) is 0.500. The van der Waals surface area contributed by atoms with E-state index in [2.05, 4.69) is 39.0 Å². The number of ether oxygens (including phenoxy) is 2. The SMILES string of the molecule is Nc1nc2c(ncn2[C@@H]2O[C@H](COP(=O)([O-])[O-])[C@@H](O)[C@H]2O)c(=O)[nH]1.Nc1ncnc2c1ncn2[C@@H]1O[C@H](COP(=O)(O)O)[C@@H](O)[C@H]1O.[Na+].[Na+]. The number of phosphoric ester groups is 2. The van der Waals surface area contributed by atoms with Gasteiger partial charge in [0.1, 0.15) is 48.5 Å². The van der Waals surface area contributed by atoms with Gasteiger partial charge in [-0.15, -0.1) is 0 Å². The first-order chi connectivity index (χ1) is 21.9. The summed E-state index contributed by atoms with van der Waals surface area (Å²) >= 11 is 0. The molecule has 25 nitrogen and oxygen atoms in total. The number of aliphatic hydroxyl groups excluding tert-OH is 4. The van der Waals surface area contributed by atoms with Crippen molar-refractivity contribution in [3.8, 4) is 0 Å². The van der Waals surface area contributed by atoms with Crippen LogP contribution >= 0.6 is 15.6 Å². The molecule has 2 aliphatic rings. The molecule has 2 aliphatic heterocycles. The molecule has 6 rings (SSSR count). The molecule has 11 N–H and O–H groups in total. The van der Waals surface area contributed by atoms with Crippen LogP contribution in [0.25, 0.3) is 22.3 Å². The molecule has 0 bridgehead atoms. The van der Waals surface area contributed by atoms with E-state index in [1.807, 2.05) is 0 Å². The van der Waals surface area contributed by atoms with Crippen LogP contribution < -0.4 is 85.9 Å². The maximum Gasteiger partial charge on any atom is 1.00 e. The van der Waals surface area contributed by atoms with Gasteiger partial charge in [0.2, 0.25) is 5.95 Å². The number of phosphoric acid groups is 2. The Bertz CT molecular complexity index is 1910. The summed E-state index contributed by atoms with van der Waals surface area (Å²) in [5, 5.41) is 40.0. The molecule has 2 fully saturated rings. The number of anilines is 2. The molecule has 6 heterocycles. The Morgan fingerprint density at radius 1 is 0.816 bits per heavy atom. The Morgan fingerprint density at radius 2 is 1.33 bits per heavy atom.